The highest BCUT2D eigenvalue weighted by Crippen LogP contribution is 2.19. The van der Waals surface area contributed by atoms with Gasteiger partial charge in [0, 0.05) is 11.6 Å². The SMILES string of the molecule is Cc1ncc2c(n1)C=CS2=O. The first kappa shape index (κ1) is 6.67. The average molecular weight is 166 g/mol. The van der Waals surface area contributed by atoms with Gasteiger partial charge in [-0.2, -0.15) is 0 Å². The molecule has 0 bridgehead atoms. The summed E-state index contributed by atoms with van der Waals surface area (Å²) in [7, 11) is -1.01. The highest BCUT2D eigenvalue weighted by molar-refractivity contribution is 7.88. The number of aryl methyl sites for hydroxylation is 1. The summed E-state index contributed by atoms with van der Waals surface area (Å²) in [6.45, 7) is 1.81. The Kier molecular flexibility index (Phi) is 1.35. The standard InChI is InChI=1S/C7H6N2OS/c1-5-8-4-7-6(9-5)2-3-11(7)10/h2-4H,1H3. The normalized spacial score (nSPS) is 20.3. The lowest BCUT2D eigenvalue weighted by atomic mass is 10.4. The largest absolute Gasteiger partial charge is 0.250 e. The summed E-state index contributed by atoms with van der Waals surface area (Å²) in [4.78, 5) is 8.79. The van der Waals surface area contributed by atoms with Crippen molar-refractivity contribution in [3.05, 3.63) is 23.1 Å². The zero-order valence-electron chi connectivity index (χ0n) is 5.94. The molecule has 1 aromatic heterocycles. The number of hydrogen-bond donors (Lipinski definition) is 0. The van der Waals surface area contributed by atoms with Gasteiger partial charge in [0.25, 0.3) is 0 Å². The minimum absolute atomic E-state index is 0.715. The van der Waals surface area contributed by atoms with E-state index in [1.165, 1.54) is 0 Å². The molecule has 11 heavy (non-hydrogen) atoms. The Morgan fingerprint density at radius 3 is 3.18 bits per heavy atom. The number of aromatic nitrogens is 2. The number of nitrogens with zero attached hydrogens (tertiary/aromatic N) is 2. The highest BCUT2D eigenvalue weighted by Gasteiger charge is 2.13. The number of hydrogen-bond acceptors (Lipinski definition) is 3. The molecule has 1 aliphatic heterocycles. The van der Waals surface area contributed by atoms with Crippen LogP contribution in [0.15, 0.2) is 16.5 Å². The van der Waals surface area contributed by atoms with Crippen LogP contribution in [0.2, 0.25) is 0 Å². The zero-order valence-corrected chi connectivity index (χ0v) is 6.76. The van der Waals surface area contributed by atoms with Crippen LogP contribution in [0.1, 0.15) is 11.5 Å². The van der Waals surface area contributed by atoms with Gasteiger partial charge in [-0.25, -0.2) is 14.2 Å². The van der Waals surface area contributed by atoms with Gasteiger partial charge in [-0.1, -0.05) is 0 Å². The van der Waals surface area contributed by atoms with E-state index in [9.17, 15) is 4.21 Å². The van der Waals surface area contributed by atoms with E-state index in [-0.39, 0.29) is 0 Å². The smallest absolute Gasteiger partial charge is 0.125 e. The van der Waals surface area contributed by atoms with Crippen molar-refractivity contribution in [2.24, 2.45) is 0 Å². The maximum atomic E-state index is 11.1. The minimum Gasteiger partial charge on any atom is -0.250 e. The van der Waals surface area contributed by atoms with E-state index in [1.807, 2.05) is 6.92 Å². The molecule has 0 N–H and O–H groups in total. The predicted octanol–water partition coefficient (Wildman–Crippen LogP) is 0.877. The van der Waals surface area contributed by atoms with Crippen molar-refractivity contribution in [3.63, 3.8) is 0 Å². The van der Waals surface area contributed by atoms with Gasteiger partial charge in [-0.15, -0.1) is 0 Å². The fraction of sp³-hybridized carbons (Fsp3) is 0.143. The summed E-state index contributed by atoms with van der Waals surface area (Å²) in [5, 5.41) is 1.62. The first-order valence-corrected chi connectivity index (χ1v) is 4.41. The lowest BCUT2D eigenvalue weighted by Crippen LogP contribution is -1.93. The Balaban J connectivity index is 2.66. The second-order valence-corrected chi connectivity index (χ2v) is 3.57. The van der Waals surface area contributed by atoms with Crippen LogP contribution < -0.4 is 0 Å². The van der Waals surface area contributed by atoms with Crippen LogP contribution in [0.3, 0.4) is 0 Å². The van der Waals surface area contributed by atoms with Crippen LogP contribution in [-0.2, 0) is 10.8 Å². The van der Waals surface area contributed by atoms with Crippen LogP contribution in [0.5, 0.6) is 0 Å². The monoisotopic (exact) mass is 166 g/mol. The molecule has 1 aliphatic rings. The van der Waals surface area contributed by atoms with Crippen molar-refractivity contribution in [2.45, 2.75) is 11.8 Å². The lowest BCUT2D eigenvalue weighted by Gasteiger charge is -1.95. The first-order valence-electron chi connectivity index (χ1n) is 3.20. The van der Waals surface area contributed by atoms with Crippen LogP contribution >= 0.6 is 0 Å². The third-order valence-electron chi connectivity index (χ3n) is 1.47. The van der Waals surface area contributed by atoms with E-state index in [0.29, 0.717) is 5.82 Å². The lowest BCUT2D eigenvalue weighted by molar-refractivity contribution is 0.688. The van der Waals surface area contributed by atoms with E-state index in [1.54, 1.807) is 17.7 Å². The third kappa shape index (κ3) is 0.991. The van der Waals surface area contributed by atoms with Crippen molar-refractivity contribution in [3.8, 4) is 0 Å². The molecular formula is C7H6N2OS. The van der Waals surface area contributed by atoms with Gasteiger partial charge in [-0.05, 0) is 13.0 Å². The molecule has 0 aliphatic carbocycles. The molecule has 0 aromatic carbocycles. The molecule has 1 unspecified atom stereocenters. The van der Waals surface area contributed by atoms with E-state index < -0.39 is 10.8 Å². The predicted molar refractivity (Wildman–Crippen MR) is 42.2 cm³/mol. The van der Waals surface area contributed by atoms with Gasteiger partial charge < -0.3 is 0 Å². The molecule has 1 aromatic rings. The highest BCUT2D eigenvalue weighted by atomic mass is 32.2. The van der Waals surface area contributed by atoms with Gasteiger partial charge in [0.1, 0.15) is 5.82 Å². The summed E-state index contributed by atoms with van der Waals surface area (Å²) in [5.74, 6) is 0.715. The maximum absolute atomic E-state index is 11.1. The Labute approximate surface area is 66.6 Å². The molecule has 56 valence electrons. The Hall–Kier alpha value is -1.03. The van der Waals surface area contributed by atoms with Crippen molar-refractivity contribution in [1.82, 2.24) is 9.97 Å². The summed E-state index contributed by atoms with van der Waals surface area (Å²) < 4.78 is 11.1. The number of fused-ring (bicyclic) bond motifs is 1. The topological polar surface area (TPSA) is 42.9 Å². The second kappa shape index (κ2) is 2.23. The summed E-state index contributed by atoms with van der Waals surface area (Å²) in [6.07, 6.45) is 3.38. The van der Waals surface area contributed by atoms with Crippen LogP contribution in [0.4, 0.5) is 0 Å². The van der Waals surface area contributed by atoms with E-state index in [2.05, 4.69) is 9.97 Å². The quantitative estimate of drug-likeness (QED) is 0.574. The van der Waals surface area contributed by atoms with Gasteiger partial charge >= 0.3 is 0 Å². The van der Waals surface area contributed by atoms with Gasteiger partial charge in [0.2, 0.25) is 0 Å². The van der Waals surface area contributed by atoms with E-state index >= 15 is 0 Å². The fourth-order valence-corrected chi connectivity index (χ4v) is 1.83. The van der Waals surface area contributed by atoms with Gasteiger partial charge in [0.15, 0.2) is 0 Å². The fourth-order valence-electron chi connectivity index (χ4n) is 0.950. The molecule has 0 radical (unpaired) electrons. The van der Waals surface area contributed by atoms with Crippen LogP contribution in [0.25, 0.3) is 6.08 Å². The molecule has 3 nitrogen and oxygen atoms in total. The van der Waals surface area contributed by atoms with Crippen molar-refractivity contribution in [1.29, 1.82) is 0 Å². The van der Waals surface area contributed by atoms with Crippen molar-refractivity contribution >= 4 is 16.9 Å². The molecule has 0 fully saturated rings. The Morgan fingerprint density at radius 1 is 1.55 bits per heavy atom. The van der Waals surface area contributed by atoms with Crippen molar-refractivity contribution < 1.29 is 4.21 Å². The van der Waals surface area contributed by atoms with Crippen LogP contribution in [0, 0.1) is 6.92 Å². The molecule has 0 spiro atoms. The number of rotatable bonds is 0. The van der Waals surface area contributed by atoms with E-state index in [4.69, 9.17) is 0 Å². The second-order valence-electron chi connectivity index (χ2n) is 2.27. The molecular weight excluding hydrogens is 160 g/mol. The summed E-state index contributed by atoms with van der Waals surface area (Å²) >= 11 is 0. The molecule has 0 saturated heterocycles. The molecule has 1 atom stereocenters. The first-order chi connectivity index (χ1) is 5.27. The Morgan fingerprint density at radius 2 is 2.36 bits per heavy atom. The molecule has 0 saturated carbocycles. The Bertz CT molecular complexity index is 359. The van der Waals surface area contributed by atoms with Gasteiger partial charge in [0.05, 0.1) is 21.4 Å². The molecule has 0 amide bonds. The molecule has 2 heterocycles. The maximum Gasteiger partial charge on any atom is 0.125 e. The average Bonchev–Trinajstić information content (AvgIpc) is 2.32. The summed E-state index contributed by atoms with van der Waals surface area (Å²) in [5.41, 5.74) is 0.788. The zero-order chi connectivity index (χ0) is 7.84. The van der Waals surface area contributed by atoms with E-state index in [0.717, 1.165) is 10.6 Å². The molecule has 2 rings (SSSR count). The van der Waals surface area contributed by atoms with Crippen molar-refractivity contribution in [2.75, 3.05) is 0 Å². The summed E-state index contributed by atoms with van der Waals surface area (Å²) in [6, 6.07) is 0. The van der Waals surface area contributed by atoms with Gasteiger partial charge in [-0.3, -0.25) is 0 Å². The minimum atomic E-state index is -1.01. The van der Waals surface area contributed by atoms with Crippen LogP contribution in [-0.4, -0.2) is 14.2 Å². The molecule has 4 heteroatoms. The third-order valence-corrected chi connectivity index (χ3v) is 2.60.